The Morgan fingerprint density at radius 3 is 2.35 bits per heavy atom. The minimum absolute atomic E-state index is 0.0610. The zero-order valence-electron chi connectivity index (χ0n) is 15.4. The molecule has 0 unspecified atom stereocenters. The molecule has 0 radical (unpaired) electrons. The smallest absolute Gasteiger partial charge is 0.224 e. The lowest BCUT2D eigenvalue weighted by atomic mass is 10.0. The summed E-state index contributed by atoms with van der Waals surface area (Å²) in [6.45, 7) is 5.54. The fourth-order valence-electron chi connectivity index (χ4n) is 3.05. The van der Waals surface area contributed by atoms with Crippen molar-refractivity contribution in [3.63, 3.8) is 0 Å². The second-order valence-corrected chi connectivity index (χ2v) is 6.59. The summed E-state index contributed by atoms with van der Waals surface area (Å²) in [5, 5.41) is 7.43. The van der Waals surface area contributed by atoms with Crippen molar-refractivity contribution >= 4 is 5.91 Å². The van der Waals surface area contributed by atoms with Crippen LogP contribution < -0.4 is 5.32 Å². The third-order valence-corrected chi connectivity index (χ3v) is 4.40. The molecule has 0 fully saturated rings. The number of amides is 1. The van der Waals surface area contributed by atoms with E-state index in [1.165, 1.54) is 11.1 Å². The predicted octanol–water partition coefficient (Wildman–Crippen LogP) is 3.92. The van der Waals surface area contributed by atoms with Gasteiger partial charge in [0.15, 0.2) is 0 Å². The van der Waals surface area contributed by atoms with Gasteiger partial charge in [0.2, 0.25) is 5.91 Å². The van der Waals surface area contributed by atoms with Crippen molar-refractivity contribution in [2.75, 3.05) is 6.54 Å². The number of benzene rings is 2. The Morgan fingerprint density at radius 1 is 1.00 bits per heavy atom. The molecule has 0 saturated heterocycles. The predicted molar refractivity (Wildman–Crippen MR) is 105 cm³/mol. The molecule has 1 amide bonds. The molecule has 0 bridgehead atoms. The van der Waals surface area contributed by atoms with Crippen LogP contribution in [0.3, 0.4) is 0 Å². The maximum Gasteiger partial charge on any atom is 0.224 e. The Kier molecular flexibility index (Phi) is 5.84. The van der Waals surface area contributed by atoms with Crippen LogP contribution in [0.5, 0.6) is 0 Å². The van der Waals surface area contributed by atoms with Gasteiger partial charge in [0.1, 0.15) is 0 Å². The van der Waals surface area contributed by atoms with E-state index >= 15 is 0 Å². The highest BCUT2D eigenvalue weighted by atomic mass is 16.1. The van der Waals surface area contributed by atoms with Gasteiger partial charge in [-0.3, -0.25) is 9.48 Å². The monoisotopic (exact) mass is 347 g/mol. The average molecular weight is 347 g/mol. The standard InChI is InChI=1S/C22H25N3O/c1-17-15-18(2)25(24-17)14-6-13-23-22(26)16-19-9-11-21(12-10-19)20-7-4-3-5-8-20/h3-5,7-12,15H,6,13-14,16H2,1-2H3,(H,23,26). The second kappa shape index (κ2) is 8.48. The van der Waals surface area contributed by atoms with Gasteiger partial charge in [-0.1, -0.05) is 54.6 Å². The first kappa shape index (κ1) is 17.9. The van der Waals surface area contributed by atoms with Crippen molar-refractivity contribution < 1.29 is 4.79 Å². The molecule has 3 rings (SSSR count). The molecule has 0 atom stereocenters. The maximum absolute atomic E-state index is 12.1. The van der Waals surface area contributed by atoms with Gasteiger partial charge in [-0.25, -0.2) is 0 Å². The molecule has 3 aromatic rings. The molecule has 0 saturated carbocycles. The molecule has 26 heavy (non-hydrogen) atoms. The van der Waals surface area contributed by atoms with Crippen molar-refractivity contribution in [2.45, 2.75) is 33.2 Å². The van der Waals surface area contributed by atoms with Crippen molar-refractivity contribution in [1.82, 2.24) is 15.1 Å². The molecule has 4 nitrogen and oxygen atoms in total. The quantitative estimate of drug-likeness (QED) is 0.659. The Labute approximate surface area is 154 Å². The first-order valence-corrected chi connectivity index (χ1v) is 9.04. The van der Waals surface area contributed by atoms with E-state index in [9.17, 15) is 4.79 Å². The van der Waals surface area contributed by atoms with Gasteiger partial charge in [0, 0.05) is 18.8 Å². The molecule has 1 aromatic heterocycles. The third-order valence-electron chi connectivity index (χ3n) is 4.40. The molecule has 2 aromatic carbocycles. The van der Waals surface area contributed by atoms with Gasteiger partial charge in [0.25, 0.3) is 0 Å². The van der Waals surface area contributed by atoms with Crippen LogP contribution >= 0.6 is 0 Å². The molecule has 0 spiro atoms. The fraction of sp³-hybridized carbons (Fsp3) is 0.273. The summed E-state index contributed by atoms with van der Waals surface area (Å²) in [5.41, 5.74) is 5.57. The largest absolute Gasteiger partial charge is 0.356 e. The average Bonchev–Trinajstić information content (AvgIpc) is 2.97. The maximum atomic E-state index is 12.1. The van der Waals surface area contributed by atoms with Gasteiger partial charge >= 0.3 is 0 Å². The van der Waals surface area contributed by atoms with Crippen LogP contribution in [0.2, 0.25) is 0 Å². The van der Waals surface area contributed by atoms with Gasteiger partial charge in [-0.2, -0.15) is 5.10 Å². The molecule has 1 heterocycles. The van der Waals surface area contributed by atoms with E-state index < -0.39 is 0 Å². The first-order valence-electron chi connectivity index (χ1n) is 9.04. The van der Waals surface area contributed by atoms with Crippen LogP contribution in [0.4, 0.5) is 0 Å². The minimum atomic E-state index is 0.0610. The highest BCUT2D eigenvalue weighted by Gasteiger charge is 2.05. The number of hydrogen-bond donors (Lipinski definition) is 1. The Bertz CT molecular complexity index is 851. The number of hydrogen-bond acceptors (Lipinski definition) is 2. The van der Waals surface area contributed by atoms with Crippen LogP contribution in [-0.2, 0) is 17.8 Å². The highest BCUT2D eigenvalue weighted by molar-refractivity contribution is 5.78. The summed E-state index contributed by atoms with van der Waals surface area (Å²) in [6.07, 6.45) is 1.29. The molecule has 0 aliphatic rings. The lowest BCUT2D eigenvalue weighted by Gasteiger charge is -2.08. The highest BCUT2D eigenvalue weighted by Crippen LogP contribution is 2.19. The lowest BCUT2D eigenvalue weighted by Crippen LogP contribution is -2.27. The Balaban J connectivity index is 1.44. The van der Waals surface area contributed by atoms with E-state index in [1.54, 1.807) is 0 Å². The number of carbonyl (C=O) groups is 1. The molecule has 0 aliphatic heterocycles. The van der Waals surface area contributed by atoms with Gasteiger partial charge in [-0.05, 0) is 43.0 Å². The van der Waals surface area contributed by atoms with Gasteiger partial charge < -0.3 is 5.32 Å². The van der Waals surface area contributed by atoms with E-state index in [2.05, 4.69) is 47.7 Å². The zero-order chi connectivity index (χ0) is 18.4. The number of nitrogens with zero attached hydrogens (tertiary/aromatic N) is 2. The number of aryl methyl sites for hydroxylation is 3. The summed E-state index contributed by atoms with van der Waals surface area (Å²) >= 11 is 0. The van der Waals surface area contributed by atoms with Crippen LogP contribution in [-0.4, -0.2) is 22.2 Å². The third kappa shape index (κ3) is 4.82. The first-order chi connectivity index (χ1) is 12.6. The molecule has 1 N–H and O–H groups in total. The van der Waals surface area contributed by atoms with Crippen LogP contribution in [0.1, 0.15) is 23.4 Å². The van der Waals surface area contributed by atoms with E-state index in [0.29, 0.717) is 13.0 Å². The van der Waals surface area contributed by atoms with Crippen LogP contribution in [0, 0.1) is 13.8 Å². The van der Waals surface area contributed by atoms with E-state index in [-0.39, 0.29) is 5.91 Å². The number of aromatic nitrogens is 2. The van der Waals surface area contributed by atoms with Gasteiger partial charge in [0.05, 0.1) is 12.1 Å². The van der Waals surface area contributed by atoms with Crippen LogP contribution in [0.25, 0.3) is 11.1 Å². The fourth-order valence-corrected chi connectivity index (χ4v) is 3.05. The molecular formula is C22H25N3O. The Morgan fingerprint density at radius 2 is 1.69 bits per heavy atom. The van der Waals surface area contributed by atoms with Crippen molar-refractivity contribution in [3.8, 4) is 11.1 Å². The van der Waals surface area contributed by atoms with Crippen molar-refractivity contribution in [2.24, 2.45) is 0 Å². The summed E-state index contributed by atoms with van der Waals surface area (Å²) in [4.78, 5) is 12.1. The van der Waals surface area contributed by atoms with Crippen molar-refractivity contribution in [1.29, 1.82) is 0 Å². The topological polar surface area (TPSA) is 46.9 Å². The zero-order valence-corrected chi connectivity index (χ0v) is 15.4. The second-order valence-electron chi connectivity index (χ2n) is 6.59. The summed E-state index contributed by atoms with van der Waals surface area (Å²) in [6, 6.07) is 20.5. The minimum Gasteiger partial charge on any atom is -0.356 e. The lowest BCUT2D eigenvalue weighted by molar-refractivity contribution is -0.120. The van der Waals surface area contributed by atoms with Crippen LogP contribution in [0.15, 0.2) is 60.7 Å². The molecule has 4 heteroatoms. The molecular weight excluding hydrogens is 322 g/mol. The molecule has 134 valence electrons. The van der Waals surface area contributed by atoms with E-state index in [1.807, 2.05) is 41.9 Å². The Hall–Kier alpha value is -2.88. The van der Waals surface area contributed by atoms with E-state index in [4.69, 9.17) is 0 Å². The summed E-state index contributed by atoms with van der Waals surface area (Å²) < 4.78 is 1.99. The SMILES string of the molecule is Cc1cc(C)n(CCCNC(=O)Cc2ccc(-c3ccccc3)cc2)n1. The van der Waals surface area contributed by atoms with Crippen molar-refractivity contribution in [3.05, 3.63) is 77.6 Å². The normalized spacial score (nSPS) is 10.7. The number of nitrogens with one attached hydrogen (secondary N) is 1. The number of carbonyl (C=O) groups excluding carboxylic acids is 1. The number of rotatable bonds is 7. The molecule has 0 aliphatic carbocycles. The van der Waals surface area contributed by atoms with Gasteiger partial charge in [-0.15, -0.1) is 0 Å². The van der Waals surface area contributed by atoms with E-state index in [0.717, 1.165) is 29.9 Å². The summed E-state index contributed by atoms with van der Waals surface area (Å²) in [5.74, 6) is 0.0610. The summed E-state index contributed by atoms with van der Waals surface area (Å²) in [7, 11) is 0.